The summed E-state index contributed by atoms with van der Waals surface area (Å²) in [5.74, 6) is 1.36. The molecule has 86 valence electrons. The summed E-state index contributed by atoms with van der Waals surface area (Å²) < 4.78 is 6.12. The van der Waals surface area contributed by atoms with Crippen LogP contribution in [-0.4, -0.2) is 12.2 Å². The van der Waals surface area contributed by atoms with Crippen molar-refractivity contribution in [3.05, 3.63) is 11.1 Å². The molecule has 0 N–H and O–H groups in total. The molecule has 0 aromatic rings. The largest absolute Gasteiger partial charge is 0.370 e. The van der Waals surface area contributed by atoms with Crippen LogP contribution in [0.4, 0.5) is 0 Å². The minimum Gasteiger partial charge on any atom is -0.370 e. The molecule has 0 aromatic carbocycles. The smallest absolute Gasteiger partial charge is 0.0794 e. The number of ether oxygens (including phenoxy) is 1. The molecule has 2 atom stereocenters. The average molecular weight is 208 g/mol. The van der Waals surface area contributed by atoms with Gasteiger partial charge in [0.2, 0.25) is 0 Å². The Labute approximate surface area is 93.9 Å². The third kappa shape index (κ3) is 2.13. The molecule has 2 aliphatic heterocycles. The Morgan fingerprint density at radius 2 is 1.80 bits per heavy atom. The molecule has 1 fully saturated rings. The van der Waals surface area contributed by atoms with Crippen molar-refractivity contribution in [2.24, 2.45) is 11.8 Å². The lowest BCUT2D eigenvalue weighted by atomic mass is 9.78. The summed E-state index contributed by atoms with van der Waals surface area (Å²) in [6.07, 6.45) is 6.07. The molecule has 2 aliphatic rings. The van der Waals surface area contributed by atoms with Crippen molar-refractivity contribution in [3.8, 4) is 0 Å². The molecule has 0 spiro atoms. The Morgan fingerprint density at radius 3 is 2.40 bits per heavy atom. The second-order valence-corrected chi connectivity index (χ2v) is 5.67. The van der Waals surface area contributed by atoms with Gasteiger partial charge in [-0.05, 0) is 43.1 Å². The maximum atomic E-state index is 6.12. The lowest BCUT2D eigenvalue weighted by Crippen LogP contribution is -2.37. The summed E-state index contributed by atoms with van der Waals surface area (Å²) in [6.45, 7) is 9.30. The standard InChI is InChI=1S/C14H24O/c1-9(2)12-8-11-6-5-7-13(15-11)14(12)10(3)4/h9-11,13H,5-8H2,1-4H3. The van der Waals surface area contributed by atoms with E-state index in [0.717, 1.165) is 0 Å². The number of rotatable bonds is 2. The van der Waals surface area contributed by atoms with Gasteiger partial charge in [-0.1, -0.05) is 33.3 Å². The van der Waals surface area contributed by atoms with Crippen LogP contribution in [0.15, 0.2) is 11.1 Å². The fourth-order valence-corrected chi connectivity index (χ4v) is 3.16. The molecule has 2 rings (SSSR count). The van der Waals surface area contributed by atoms with Crippen molar-refractivity contribution in [2.75, 3.05) is 0 Å². The van der Waals surface area contributed by atoms with Crippen LogP contribution in [0, 0.1) is 11.8 Å². The summed E-state index contributed by atoms with van der Waals surface area (Å²) in [6, 6.07) is 0. The van der Waals surface area contributed by atoms with Gasteiger partial charge in [-0.2, -0.15) is 0 Å². The summed E-state index contributed by atoms with van der Waals surface area (Å²) in [5, 5.41) is 0. The Hall–Kier alpha value is -0.300. The van der Waals surface area contributed by atoms with Crippen molar-refractivity contribution < 1.29 is 4.74 Å². The fourth-order valence-electron chi connectivity index (χ4n) is 3.16. The molecule has 2 bridgehead atoms. The normalized spacial score (nSPS) is 31.6. The molecule has 0 amide bonds. The number of hydrogen-bond donors (Lipinski definition) is 0. The lowest BCUT2D eigenvalue weighted by Gasteiger charge is -2.41. The van der Waals surface area contributed by atoms with Gasteiger partial charge in [0.1, 0.15) is 0 Å². The Balaban J connectivity index is 2.33. The molecule has 1 nitrogen and oxygen atoms in total. The highest BCUT2D eigenvalue weighted by atomic mass is 16.5. The molecule has 1 saturated heterocycles. The van der Waals surface area contributed by atoms with E-state index in [1.807, 2.05) is 0 Å². The minimum absolute atomic E-state index is 0.454. The monoisotopic (exact) mass is 208 g/mol. The molecule has 0 radical (unpaired) electrons. The van der Waals surface area contributed by atoms with Gasteiger partial charge in [-0.15, -0.1) is 0 Å². The minimum atomic E-state index is 0.454. The van der Waals surface area contributed by atoms with Crippen LogP contribution in [0.5, 0.6) is 0 Å². The van der Waals surface area contributed by atoms with E-state index in [4.69, 9.17) is 4.74 Å². The topological polar surface area (TPSA) is 9.23 Å². The second kappa shape index (κ2) is 4.29. The van der Waals surface area contributed by atoms with Gasteiger partial charge >= 0.3 is 0 Å². The second-order valence-electron chi connectivity index (χ2n) is 5.67. The predicted octanol–water partition coefficient (Wildman–Crippen LogP) is 3.94. The van der Waals surface area contributed by atoms with Gasteiger partial charge in [-0.25, -0.2) is 0 Å². The van der Waals surface area contributed by atoms with Gasteiger partial charge in [0.15, 0.2) is 0 Å². The van der Waals surface area contributed by atoms with Crippen LogP contribution in [-0.2, 0) is 4.74 Å². The highest BCUT2D eigenvalue weighted by molar-refractivity contribution is 5.26. The van der Waals surface area contributed by atoms with E-state index in [9.17, 15) is 0 Å². The van der Waals surface area contributed by atoms with Gasteiger partial charge in [0.05, 0.1) is 12.2 Å². The molecule has 2 unspecified atom stereocenters. The van der Waals surface area contributed by atoms with Crippen molar-refractivity contribution in [3.63, 3.8) is 0 Å². The van der Waals surface area contributed by atoms with Gasteiger partial charge < -0.3 is 4.74 Å². The summed E-state index contributed by atoms with van der Waals surface area (Å²) in [5.41, 5.74) is 3.33. The summed E-state index contributed by atoms with van der Waals surface area (Å²) in [7, 11) is 0. The molecular formula is C14H24O. The molecule has 0 aliphatic carbocycles. The Kier molecular flexibility index (Phi) is 3.20. The first-order valence-electron chi connectivity index (χ1n) is 6.48. The van der Waals surface area contributed by atoms with Crippen LogP contribution >= 0.6 is 0 Å². The van der Waals surface area contributed by atoms with Gasteiger partial charge in [-0.3, -0.25) is 0 Å². The molecule has 2 heterocycles. The maximum absolute atomic E-state index is 6.12. The van der Waals surface area contributed by atoms with Crippen LogP contribution in [0.2, 0.25) is 0 Å². The average Bonchev–Trinajstić information content (AvgIpc) is 2.16. The van der Waals surface area contributed by atoms with E-state index in [0.29, 0.717) is 24.0 Å². The molecule has 0 saturated carbocycles. The first-order valence-corrected chi connectivity index (χ1v) is 6.48. The molecule has 1 heteroatoms. The van der Waals surface area contributed by atoms with E-state index >= 15 is 0 Å². The van der Waals surface area contributed by atoms with Crippen molar-refractivity contribution in [2.45, 2.75) is 65.6 Å². The van der Waals surface area contributed by atoms with E-state index in [1.54, 1.807) is 11.1 Å². The summed E-state index contributed by atoms with van der Waals surface area (Å²) >= 11 is 0. The van der Waals surface area contributed by atoms with Crippen molar-refractivity contribution in [1.82, 2.24) is 0 Å². The third-order valence-electron chi connectivity index (χ3n) is 3.83. The zero-order valence-corrected chi connectivity index (χ0v) is 10.5. The lowest BCUT2D eigenvalue weighted by molar-refractivity contribution is -0.0468. The van der Waals surface area contributed by atoms with E-state index in [2.05, 4.69) is 27.7 Å². The first kappa shape index (κ1) is 11.2. The third-order valence-corrected chi connectivity index (χ3v) is 3.83. The maximum Gasteiger partial charge on any atom is 0.0794 e. The van der Waals surface area contributed by atoms with Crippen LogP contribution in [0.1, 0.15) is 53.4 Å². The molecule has 15 heavy (non-hydrogen) atoms. The molecule has 0 aromatic heterocycles. The quantitative estimate of drug-likeness (QED) is 0.625. The Bertz CT molecular complexity index is 263. The zero-order valence-electron chi connectivity index (χ0n) is 10.5. The van der Waals surface area contributed by atoms with Gasteiger partial charge in [0.25, 0.3) is 0 Å². The van der Waals surface area contributed by atoms with E-state index < -0.39 is 0 Å². The highest BCUT2D eigenvalue weighted by Gasteiger charge is 2.34. The summed E-state index contributed by atoms with van der Waals surface area (Å²) in [4.78, 5) is 0. The van der Waals surface area contributed by atoms with Crippen LogP contribution in [0.25, 0.3) is 0 Å². The molecular weight excluding hydrogens is 184 g/mol. The Morgan fingerprint density at radius 1 is 1.07 bits per heavy atom. The number of fused-ring (bicyclic) bond motifs is 2. The number of hydrogen-bond acceptors (Lipinski definition) is 1. The zero-order chi connectivity index (χ0) is 11.0. The van der Waals surface area contributed by atoms with E-state index in [1.165, 1.54) is 25.7 Å². The SMILES string of the molecule is CC(C)C1=C(C(C)C)C2CCCC(C1)O2. The van der Waals surface area contributed by atoms with E-state index in [-0.39, 0.29) is 0 Å². The van der Waals surface area contributed by atoms with Crippen LogP contribution < -0.4 is 0 Å². The highest BCUT2D eigenvalue weighted by Crippen LogP contribution is 2.40. The fraction of sp³-hybridized carbons (Fsp3) is 0.857. The van der Waals surface area contributed by atoms with Crippen molar-refractivity contribution >= 4 is 0 Å². The van der Waals surface area contributed by atoms with Crippen molar-refractivity contribution in [1.29, 1.82) is 0 Å². The first-order chi connectivity index (χ1) is 7.09. The predicted molar refractivity (Wildman–Crippen MR) is 63.8 cm³/mol. The van der Waals surface area contributed by atoms with Crippen LogP contribution in [0.3, 0.4) is 0 Å². The van der Waals surface area contributed by atoms with Gasteiger partial charge in [0, 0.05) is 0 Å².